The van der Waals surface area contributed by atoms with Gasteiger partial charge < -0.3 is 5.32 Å². The predicted octanol–water partition coefficient (Wildman–Crippen LogP) is 1.89. The minimum Gasteiger partial charge on any atom is -0.311 e. The van der Waals surface area contributed by atoms with Gasteiger partial charge in [0.25, 0.3) is 5.92 Å². The van der Waals surface area contributed by atoms with Gasteiger partial charge in [-0.3, -0.25) is 0 Å². The van der Waals surface area contributed by atoms with Crippen LogP contribution in [0.4, 0.5) is 8.78 Å². The Balaban J connectivity index is 2.46. The van der Waals surface area contributed by atoms with E-state index in [0.717, 1.165) is 6.54 Å². The summed E-state index contributed by atoms with van der Waals surface area (Å²) in [6.07, 6.45) is 0.0532. The van der Waals surface area contributed by atoms with E-state index < -0.39 is 5.92 Å². The molecule has 0 aromatic rings. The Morgan fingerprint density at radius 3 is 2.45 bits per heavy atom. The van der Waals surface area contributed by atoms with Crippen LogP contribution in [0.3, 0.4) is 0 Å². The number of alkyl halides is 2. The topological polar surface area (TPSA) is 12.0 Å². The van der Waals surface area contributed by atoms with E-state index in [1.54, 1.807) is 0 Å². The molecule has 0 aromatic heterocycles. The molecule has 1 saturated heterocycles. The highest BCUT2D eigenvalue weighted by molar-refractivity contribution is 4.82. The fourth-order valence-electron chi connectivity index (χ4n) is 1.44. The first-order valence-corrected chi connectivity index (χ1v) is 4.10. The van der Waals surface area contributed by atoms with Crippen molar-refractivity contribution in [2.75, 3.05) is 13.1 Å². The van der Waals surface area contributed by atoms with Crippen molar-refractivity contribution in [2.24, 2.45) is 11.8 Å². The smallest absolute Gasteiger partial charge is 0.260 e. The van der Waals surface area contributed by atoms with E-state index in [1.807, 2.05) is 13.8 Å². The summed E-state index contributed by atoms with van der Waals surface area (Å²) in [5.41, 5.74) is 0. The number of halogens is 2. The van der Waals surface area contributed by atoms with Crippen molar-refractivity contribution in [3.05, 3.63) is 0 Å². The lowest BCUT2D eigenvalue weighted by Crippen LogP contribution is -2.45. The molecule has 1 fully saturated rings. The Morgan fingerprint density at radius 2 is 2.09 bits per heavy atom. The Morgan fingerprint density at radius 1 is 1.45 bits per heavy atom. The van der Waals surface area contributed by atoms with Crippen LogP contribution in [0.15, 0.2) is 0 Å². The van der Waals surface area contributed by atoms with Crippen LogP contribution >= 0.6 is 0 Å². The van der Waals surface area contributed by atoms with Crippen molar-refractivity contribution in [3.63, 3.8) is 0 Å². The van der Waals surface area contributed by atoms with Crippen molar-refractivity contribution in [1.82, 2.24) is 5.32 Å². The van der Waals surface area contributed by atoms with Gasteiger partial charge in [-0.2, -0.15) is 0 Å². The van der Waals surface area contributed by atoms with E-state index in [4.69, 9.17) is 0 Å². The number of hydrogen-bond acceptors (Lipinski definition) is 1. The molecule has 0 bridgehead atoms. The lowest BCUT2D eigenvalue weighted by atomic mass is 9.87. The third kappa shape index (κ3) is 2.40. The van der Waals surface area contributed by atoms with Crippen LogP contribution in [0.2, 0.25) is 0 Å². The highest BCUT2D eigenvalue weighted by Crippen LogP contribution is 2.29. The molecule has 1 heterocycles. The first kappa shape index (κ1) is 8.91. The first-order chi connectivity index (χ1) is 5.01. The Labute approximate surface area is 66.2 Å². The fraction of sp³-hybridized carbons (Fsp3) is 1.00. The van der Waals surface area contributed by atoms with Crippen LogP contribution in [-0.2, 0) is 0 Å². The minimum atomic E-state index is -2.48. The monoisotopic (exact) mass is 163 g/mol. The maximum absolute atomic E-state index is 12.8. The van der Waals surface area contributed by atoms with Crippen LogP contribution in [-0.4, -0.2) is 19.0 Å². The van der Waals surface area contributed by atoms with E-state index in [9.17, 15) is 8.78 Å². The third-order valence-corrected chi connectivity index (χ3v) is 2.29. The molecule has 0 radical (unpaired) electrons. The van der Waals surface area contributed by atoms with Gasteiger partial charge in [-0.15, -0.1) is 0 Å². The van der Waals surface area contributed by atoms with Gasteiger partial charge in [0.2, 0.25) is 0 Å². The van der Waals surface area contributed by atoms with Gasteiger partial charge in [0.1, 0.15) is 0 Å². The molecule has 66 valence electrons. The molecule has 1 nitrogen and oxygen atoms in total. The Bertz CT molecular complexity index is 134. The molecule has 3 heteroatoms. The zero-order valence-corrected chi connectivity index (χ0v) is 7.03. The molecule has 11 heavy (non-hydrogen) atoms. The second kappa shape index (κ2) is 3.05. The van der Waals surface area contributed by atoms with Crippen LogP contribution in [0.5, 0.6) is 0 Å². The summed E-state index contributed by atoms with van der Waals surface area (Å²) in [5.74, 6) is -1.99. The molecule has 0 unspecified atom stereocenters. The highest BCUT2D eigenvalue weighted by Gasteiger charge is 2.36. The van der Waals surface area contributed by atoms with Gasteiger partial charge in [-0.1, -0.05) is 13.8 Å². The number of hydrogen-bond donors (Lipinski definition) is 1. The highest BCUT2D eigenvalue weighted by atomic mass is 19.3. The molecule has 1 rings (SSSR count). The lowest BCUT2D eigenvalue weighted by Gasteiger charge is -2.31. The van der Waals surface area contributed by atoms with Crippen LogP contribution in [0.1, 0.15) is 20.3 Å². The van der Waals surface area contributed by atoms with Gasteiger partial charge in [0.05, 0.1) is 6.54 Å². The molecule has 1 atom stereocenters. The summed E-state index contributed by atoms with van der Waals surface area (Å²) in [4.78, 5) is 0. The van der Waals surface area contributed by atoms with E-state index >= 15 is 0 Å². The maximum atomic E-state index is 12.8. The van der Waals surface area contributed by atoms with Crippen molar-refractivity contribution < 1.29 is 8.78 Å². The van der Waals surface area contributed by atoms with Gasteiger partial charge in [-0.05, 0) is 18.4 Å². The Hall–Kier alpha value is -0.180. The largest absolute Gasteiger partial charge is 0.311 e. The predicted molar refractivity (Wildman–Crippen MR) is 40.8 cm³/mol. The molecule has 1 N–H and O–H groups in total. The quantitative estimate of drug-likeness (QED) is 0.622. The average molecular weight is 163 g/mol. The van der Waals surface area contributed by atoms with Crippen LogP contribution in [0.25, 0.3) is 0 Å². The summed E-state index contributed by atoms with van der Waals surface area (Å²) in [6, 6.07) is 0. The molecule has 0 amide bonds. The lowest BCUT2D eigenvalue weighted by molar-refractivity contribution is -0.0463. The van der Waals surface area contributed by atoms with Crippen LogP contribution in [0, 0.1) is 11.8 Å². The summed E-state index contributed by atoms with van der Waals surface area (Å²) in [6.45, 7) is 4.59. The summed E-state index contributed by atoms with van der Waals surface area (Å²) >= 11 is 0. The van der Waals surface area contributed by atoms with Crippen molar-refractivity contribution >= 4 is 0 Å². The molecular weight excluding hydrogens is 148 g/mol. The molecule has 1 aliphatic heterocycles. The normalized spacial score (nSPS) is 30.8. The zero-order chi connectivity index (χ0) is 8.48. The zero-order valence-electron chi connectivity index (χ0n) is 7.03. The second-order valence-corrected chi connectivity index (χ2v) is 3.70. The van der Waals surface area contributed by atoms with Crippen LogP contribution < -0.4 is 5.32 Å². The summed E-state index contributed by atoms with van der Waals surface area (Å²) in [5, 5.41) is 2.76. The van der Waals surface area contributed by atoms with Gasteiger partial charge >= 0.3 is 0 Å². The second-order valence-electron chi connectivity index (χ2n) is 3.70. The summed E-state index contributed by atoms with van der Waals surface area (Å²) in [7, 11) is 0. The number of nitrogens with one attached hydrogen (secondary N) is 1. The van der Waals surface area contributed by atoms with Gasteiger partial charge in [0, 0.05) is 6.42 Å². The van der Waals surface area contributed by atoms with Gasteiger partial charge in [-0.25, -0.2) is 8.78 Å². The van der Waals surface area contributed by atoms with Crippen molar-refractivity contribution in [1.29, 1.82) is 0 Å². The maximum Gasteiger partial charge on any atom is 0.260 e. The number of piperidine rings is 1. The van der Waals surface area contributed by atoms with E-state index in [1.165, 1.54) is 0 Å². The minimum absolute atomic E-state index is 0.0532. The van der Waals surface area contributed by atoms with Crippen molar-refractivity contribution in [3.8, 4) is 0 Å². The first-order valence-electron chi connectivity index (χ1n) is 4.10. The molecular formula is C8H15F2N. The molecule has 0 saturated carbocycles. The summed E-state index contributed by atoms with van der Waals surface area (Å²) < 4.78 is 25.5. The SMILES string of the molecule is CC(C)[C@H]1CNCC(F)(F)C1. The average Bonchev–Trinajstić information content (AvgIpc) is 1.85. The molecule has 0 aliphatic carbocycles. The van der Waals surface area contributed by atoms with E-state index in [0.29, 0.717) is 5.92 Å². The molecule has 1 aliphatic rings. The van der Waals surface area contributed by atoms with Crippen molar-refractivity contribution in [2.45, 2.75) is 26.2 Å². The Kier molecular flexibility index (Phi) is 2.47. The standard InChI is InChI=1S/C8H15F2N/c1-6(2)7-3-8(9,10)5-11-4-7/h6-7,11H,3-5H2,1-2H3/t7-/m1/s1. The third-order valence-electron chi connectivity index (χ3n) is 2.29. The molecule has 0 spiro atoms. The molecule has 0 aromatic carbocycles. The van der Waals surface area contributed by atoms with E-state index in [-0.39, 0.29) is 18.9 Å². The van der Waals surface area contributed by atoms with Gasteiger partial charge in [0.15, 0.2) is 0 Å². The fourth-order valence-corrected chi connectivity index (χ4v) is 1.44. The number of rotatable bonds is 1. The van der Waals surface area contributed by atoms with E-state index in [2.05, 4.69) is 5.32 Å².